The van der Waals surface area contributed by atoms with Gasteiger partial charge in [0.2, 0.25) is 0 Å². The summed E-state index contributed by atoms with van der Waals surface area (Å²) in [4.78, 5) is 4.21. The molecule has 24 heavy (non-hydrogen) atoms. The molecule has 0 fully saturated rings. The summed E-state index contributed by atoms with van der Waals surface area (Å²) in [7, 11) is 1.76. The largest absolute Gasteiger partial charge is 0.489 e. The van der Waals surface area contributed by atoms with Crippen molar-refractivity contribution in [1.82, 2.24) is 10.6 Å². The summed E-state index contributed by atoms with van der Waals surface area (Å²) < 4.78 is 11.2. The number of halogens is 1. The van der Waals surface area contributed by atoms with Gasteiger partial charge < -0.3 is 19.8 Å². The quantitative estimate of drug-likeness (QED) is 0.392. The number of hydrogen-bond acceptors (Lipinski definition) is 3. The lowest BCUT2D eigenvalue weighted by Crippen LogP contribution is -2.42. The molecule has 0 aliphatic carbocycles. The zero-order valence-corrected chi connectivity index (χ0v) is 16.7. The van der Waals surface area contributed by atoms with Gasteiger partial charge in [-0.1, -0.05) is 12.1 Å². The Morgan fingerprint density at radius 1 is 1.25 bits per heavy atom. The van der Waals surface area contributed by atoms with Crippen LogP contribution in [0.25, 0.3) is 0 Å². The molecule has 0 amide bonds. The van der Waals surface area contributed by atoms with E-state index in [1.807, 2.05) is 37.3 Å². The topological polar surface area (TPSA) is 58.8 Å². The van der Waals surface area contributed by atoms with Crippen LogP contribution < -0.4 is 15.4 Å². The smallest absolute Gasteiger partial charge is 0.191 e. The number of guanidine groups is 1. The maximum Gasteiger partial charge on any atom is 0.191 e. The van der Waals surface area contributed by atoms with Gasteiger partial charge in [-0.25, -0.2) is 0 Å². The molecule has 0 aliphatic heterocycles. The molecule has 0 saturated carbocycles. The first-order valence-corrected chi connectivity index (χ1v) is 7.87. The third kappa shape index (κ3) is 7.25. The highest BCUT2D eigenvalue weighted by molar-refractivity contribution is 14.0. The molecule has 2 N–H and O–H groups in total. The maximum atomic E-state index is 5.89. The number of aliphatic imine (C=N–C) groups is 1. The second kappa shape index (κ2) is 11.0. The summed E-state index contributed by atoms with van der Waals surface area (Å²) in [5.41, 5.74) is 1.19. The van der Waals surface area contributed by atoms with E-state index in [1.165, 1.54) is 5.56 Å². The molecule has 0 aliphatic rings. The van der Waals surface area contributed by atoms with E-state index in [-0.39, 0.29) is 30.1 Å². The Morgan fingerprint density at radius 2 is 2.08 bits per heavy atom. The fourth-order valence-electron chi connectivity index (χ4n) is 2.18. The first kappa shape index (κ1) is 20.3. The number of ether oxygens (including phenoxy) is 1. The normalized spacial score (nSPS) is 12.2. The third-order valence-corrected chi connectivity index (χ3v) is 3.35. The molecule has 0 radical (unpaired) electrons. The standard InChI is InChI=1S/C18H25N3O2.HI/c1-14-6-4-7-17(12-14)23-15(2)13-21-18(19-3)20-10-9-16-8-5-11-22-16;/h4-8,11-12,15H,9-10,13H2,1-3H3,(H2,19,20,21);1H. The molecule has 1 aromatic heterocycles. The fraction of sp³-hybridized carbons (Fsp3) is 0.389. The minimum atomic E-state index is 0. The minimum Gasteiger partial charge on any atom is -0.489 e. The molecular formula is C18H26IN3O2. The van der Waals surface area contributed by atoms with Crippen molar-refractivity contribution in [3.8, 4) is 5.75 Å². The predicted molar refractivity (Wildman–Crippen MR) is 108 cm³/mol. The van der Waals surface area contributed by atoms with Gasteiger partial charge in [0, 0.05) is 20.0 Å². The number of nitrogens with zero attached hydrogens (tertiary/aromatic N) is 1. The Hall–Kier alpha value is -1.70. The van der Waals surface area contributed by atoms with Crippen molar-refractivity contribution in [3.05, 3.63) is 54.0 Å². The van der Waals surface area contributed by atoms with Crippen molar-refractivity contribution in [2.75, 3.05) is 20.1 Å². The van der Waals surface area contributed by atoms with Gasteiger partial charge in [-0.3, -0.25) is 4.99 Å². The third-order valence-electron chi connectivity index (χ3n) is 3.35. The zero-order chi connectivity index (χ0) is 16.5. The number of rotatable bonds is 7. The number of benzene rings is 1. The molecule has 1 heterocycles. The lowest BCUT2D eigenvalue weighted by atomic mass is 10.2. The Labute approximate surface area is 160 Å². The second-order valence-electron chi connectivity index (χ2n) is 5.45. The van der Waals surface area contributed by atoms with E-state index in [2.05, 4.69) is 28.6 Å². The minimum absolute atomic E-state index is 0. The Kier molecular flexibility index (Phi) is 9.29. The highest BCUT2D eigenvalue weighted by Crippen LogP contribution is 2.13. The highest BCUT2D eigenvalue weighted by atomic mass is 127. The summed E-state index contributed by atoms with van der Waals surface area (Å²) in [5, 5.41) is 6.53. The van der Waals surface area contributed by atoms with Crippen molar-refractivity contribution in [3.63, 3.8) is 0 Å². The summed E-state index contributed by atoms with van der Waals surface area (Å²) >= 11 is 0. The van der Waals surface area contributed by atoms with E-state index < -0.39 is 0 Å². The van der Waals surface area contributed by atoms with Crippen LogP contribution in [0.15, 0.2) is 52.1 Å². The number of hydrogen-bond donors (Lipinski definition) is 2. The van der Waals surface area contributed by atoms with Crippen molar-refractivity contribution >= 4 is 29.9 Å². The van der Waals surface area contributed by atoms with E-state index in [9.17, 15) is 0 Å². The lowest BCUT2D eigenvalue weighted by molar-refractivity contribution is 0.223. The van der Waals surface area contributed by atoms with E-state index in [0.717, 1.165) is 30.4 Å². The van der Waals surface area contributed by atoms with Gasteiger partial charge in [0.15, 0.2) is 5.96 Å². The summed E-state index contributed by atoms with van der Waals surface area (Å²) in [6.07, 6.45) is 2.55. The molecule has 132 valence electrons. The van der Waals surface area contributed by atoms with Gasteiger partial charge in [0.25, 0.3) is 0 Å². The average molecular weight is 443 g/mol. The molecule has 6 heteroatoms. The van der Waals surface area contributed by atoms with Crippen LogP contribution in [0, 0.1) is 6.92 Å². The Morgan fingerprint density at radius 3 is 2.75 bits per heavy atom. The summed E-state index contributed by atoms with van der Waals surface area (Å²) in [6, 6.07) is 11.9. The maximum absolute atomic E-state index is 5.89. The van der Waals surface area contributed by atoms with E-state index in [1.54, 1.807) is 13.3 Å². The molecule has 0 spiro atoms. The monoisotopic (exact) mass is 443 g/mol. The van der Waals surface area contributed by atoms with Gasteiger partial charge in [-0.05, 0) is 43.7 Å². The molecule has 0 bridgehead atoms. The molecule has 2 aromatic rings. The molecule has 1 unspecified atom stereocenters. The van der Waals surface area contributed by atoms with E-state index in [4.69, 9.17) is 9.15 Å². The summed E-state index contributed by atoms with van der Waals surface area (Å²) in [5.74, 6) is 2.61. The Balaban J connectivity index is 0.00000288. The average Bonchev–Trinajstić information content (AvgIpc) is 3.04. The van der Waals surface area contributed by atoms with Gasteiger partial charge in [0.05, 0.1) is 12.8 Å². The predicted octanol–water partition coefficient (Wildman–Crippen LogP) is 3.38. The number of nitrogens with one attached hydrogen (secondary N) is 2. The number of furan rings is 1. The van der Waals surface area contributed by atoms with Gasteiger partial charge >= 0.3 is 0 Å². The van der Waals surface area contributed by atoms with Gasteiger partial charge in [-0.15, -0.1) is 24.0 Å². The highest BCUT2D eigenvalue weighted by Gasteiger charge is 2.06. The van der Waals surface area contributed by atoms with Crippen molar-refractivity contribution in [2.24, 2.45) is 4.99 Å². The van der Waals surface area contributed by atoms with Crippen LogP contribution in [0.4, 0.5) is 0 Å². The fourth-order valence-corrected chi connectivity index (χ4v) is 2.18. The first-order chi connectivity index (χ1) is 11.2. The molecule has 0 saturated heterocycles. The molecule has 5 nitrogen and oxygen atoms in total. The molecule has 1 atom stereocenters. The lowest BCUT2D eigenvalue weighted by Gasteiger charge is -2.18. The second-order valence-corrected chi connectivity index (χ2v) is 5.45. The van der Waals surface area contributed by atoms with Crippen molar-refractivity contribution in [1.29, 1.82) is 0 Å². The van der Waals surface area contributed by atoms with Gasteiger partial charge in [0.1, 0.15) is 17.6 Å². The van der Waals surface area contributed by atoms with Crippen LogP contribution in [0.3, 0.4) is 0 Å². The van der Waals surface area contributed by atoms with Crippen LogP contribution in [0.2, 0.25) is 0 Å². The van der Waals surface area contributed by atoms with Crippen molar-refractivity contribution < 1.29 is 9.15 Å². The Bertz CT molecular complexity index is 614. The van der Waals surface area contributed by atoms with E-state index >= 15 is 0 Å². The molecule has 2 rings (SSSR count). The number of aryl methyl sites for hydroxylation is 1. The van der Waals surface area contributed by atoms with Crippen LogP contribution in [0.1, 0.15) is 18.2 Å². The van der Waals surface area contributed by atoms with Gasteiger partial charge in [-0.2, -0.15) is 0 Å². The van der Waals surface area contributed by atoms with Crippen LogP contribution >= 0.6 is 24.0 Å². The van der Waals surface area contributed by atoms with Crippen LogP contribution in [0.5, 0.6) is 5.75 Å². The molecule has 1 aromatic carbocycles. The first-order valence-electron chi connectivity index (χ1n) is 7.87. The SMILES string of the molecule is CN=C(NCCc1ccco1)NCC(C)Oc1cccc(C)c1.I. The van der Waals surface area contributed by atoms with Crippen LogP contribution in [-0.4, -0.2) is 32.2 Å². The van der Waals surface area contributed by atoms with E-state index in [0.29, 0.717) is 6.54 Å². The van der Waals surface area contributed by atoms with Crippen LogP contribution in [-0.2, 0) is 6.42 Å². The zero-order valence-electron chi connectivity index (χ0n) is 14.4. The summed E-state index contributed by atoms with van der Waals surface area (Å²) in [6.45, 7) is 5.53. The molecular weight excluding hydrogens is 417 g/mol. The van der Waals surface area contributed by atoms with Crippen molar-refractivity contribution in [2.45, 2.75) is 26.4 Å².